The number of fused-ring (bicyclic) bond motifs is 1. The van der Waals surface area contributed by atoms with Crippen LogP contribution in [0.15, 0.2) is 24.3 Å². The number of hydrogen-bond donors (Lipinski definition) is 1. The van der Waals surface area contributed by atoms with Crippen molar-refractivity contribution >= 4 is 23.2 Å². The van der Waals surface area contributed by atoms with Crippen LogP contribution in [0.5, 0.6) is 0 Å². The number of nitrogens with one attached hydrogen (secondary N) is 1. The summed E-state index contributed by atoms with van der Waals surface area (Å²) in [4.78, 5) is 27.6. The number of anilines is 2. The molecule has 2 atom stereocenters. The summed E-state index contributed by atoms with van der Waals surface area (Å²) in [7, 11) is 0. The summed E-state index contributed by atoms with van der Waals surface area (Å²) < 4.78 is 41.0. The van der Waals surface area contributed by atoms with Crippen LogP contribution in [0.2, 0.25) is 0 Å². The highest BCUT2D eigenvalue weighted by molar-refractivity contribution is 6.05. The van der Waals surface area contributed by atoms with E-state index in [1.165, 1.54) is 12.1 Å². The fourth-order valence-corrected chi connectivity index (χ4v) is 3.64. The third kappa shape index (κ3) is 3.85. The number of halogens is 3. The van der Waals surface area contributed by atoms with Crippen LogP contribution in [0, 0.1) is 0 Å². The number of para-hydroxylation sites is 2. The van der Waals surface area contributed by atoms with Gasteiger partial charge in [-0.15, -0.1) is 0 Å². The van der Waals surface area contributed by atoms with E-state index >= 15 is 0 Å². The predicted octanol–water partition coefficient (Wildman–Crippen LogP) is 3.17. The molecule has 1 saturated heterocycles. The first kappa shape index (κ1) is 18.7. The van der Waals surface area contributed by atoms with Crippen molar-refractivity contribution in [3.63, 3.8) is 0 Å². The molecule has 1 aromatic carbocycles. The normalized spacial score (nSPS) is 24.6. The topological polar surface area (TPSA) is 52.7 Å². The fourth-order valence-electron chi connectivity index (χ4n) is 3.64. The van der Waals surface area contributed by atoms with E-state index in [1.54, 1.807) is 12.1 Å². The van der Waals surface area contributed by atoms with Gasteiger partial charge in [0.15, 0.2) is 0 Å². The van der Waals surface area contributed by atoms with Gasteiger partial charge >= 0.3 is 6.18 Å². The van der Waals surface area contributed by atoms with Crippen molar-refractivity contribution in [2.45, 2.75) is 50.9 Å². The minimum atomic E-state index is -4.70. The van der Waals surface area contributed by atoms with Crippen LogP contribution in [0.25, 0.3) is 0 Å². The van der Waals surface area contributed by atoms with Crippen molar-refractivity contribution in [2.24, 2.45) is 0 Å². The number of carbonyl (C=O) groups is 2. The molecule has 0 bridgehead atoms. The zero-order valence-corrected chi connectivity index (χ0v) is 14.6. The van der Waals surface area contributed by atoms with Gasteiger partial charge in [-0.05, 0) is 38.4 Å². The summed E-state index contributed by atoms with van der Waals surface area (Å²) in [6.45, 7) is 2.58. The second kappa shape index (κ2) is 7.26. The number of carbonyl (C=O) groups excluding carboxylic acids is 2. The Morgan fingerprint density at radius 2 is 2.00 bits per heavy atom. The highest BCUT2D eigenvalue weighted by Crippen LogP contribution is 2.37. The molecule has 2 aliphatic heterocycles. The number of likely N-dealkylation sites (tertiary alicyclic amines) is 1. The monoisotopic (exact) mass is 369 g/mol. The van der Waals surface area contributed by atoms with E-state index < -0.39 is 30.5 Å². The summed E-state index contributed by atoms with van der Waals surface area (Å²) in [5, 5.41) is 2.48. The molecule has 0 radical (unpaired) electrons. The van der Waals surface area contributed by atoms with Crippen molar-refractivity contribution in [2.75, 3.05) is 23.3 Å². The van der Waals surface area contributed by atoms with Crippen LogP contribution in [0.4, 0.5) is 24.5 Å². The molecule has 0 aliphatic carbocycles. The third-order valence-electron chi connectivity index (χ3n) is 5.05. The minimum absolute atomic E-state index is 0.0870. The summed E-state index contributed by atoms with van der Waals surface area (Å²) in [6.07, 6.45) is -2.59. The lowest BCUT2D eigenvalue weighted by molar-refractivity contribution is -0.158. The zero-order valence-electron chi connectivity index (χ0n) is 14.6. The Kier molecular flexibility index (Phi) is 5.22. The summed E-state index contributed by atoms with van der Waals surface area (Å²) >= 11 is 0. The SMILES string of the molecule is C[C@H]1CCCCN1CC(=O)N1c2ccccc2NC(=O)C[C@H]1C(F)(F)F. The quantitative estimate of drug-likeness (QED) is 0.871. The number of piperidine rings is 1. The predicted molar refractivity (Wildman–Crippen MR) is 91.9 cm³/mol. The zero-order chi connectivity index (χ0) is 18.9. The molecule has 0 saturated carbocycles. The lowest BCUT2D eigenvalue weighted by atomic mass is 10.0. The average molecular weight is 369 g/mol. The minimum Gasteiger partial charge on any atom is -0.324 e. The van der Waals surface area contributed by atoms with Crippen LogP contribution in [-0.2, 0) is 9.59 Å². The van der Waals surface area contributed by atoms with Gasteiger partial charge in [0.1, 0.15) is 6.04 Å². The lowest BCUT2D eigenvalue weighted by Gasteiger charge is -2.37. The second-order valence-corrected chi connectivity index (χ2v) is 6.91. The Bertz CT molecular complexity index is 693. The molecule has 8 heteroatoms. The molecule has 1 aromatic rings. The standard InChI is InChI=1S/C18H22F3N3O2/c1-12-6-4-5-9-23(12)11-17(26)24-14-8-3-2-7-13(14)22-16(25)10-15(24)18(19,20)21/h2-3,7-8,12,15H,4-6,9-11H2,1H3,(H,22,25)/t12-,15-/m0/s1. The van der Waals surface area contributed by atoms with E-state index in [1.807, 2.05) is 11.8 Å². The molecule has 0 spiro atoms. The first-order valence-corrected chi connectivity index (χ1v) is 8.79. The maximum absolute atomic E-state index is 13.7. The molecule has 142 valence electrons. The molecular weight excluding hydrogens is 347 g/mol. The van der Waals surface area contributed by atoms with Gasteiger partial charge in [0, 0.05) is 6.04 Å². The van der Waals surface area contributed by atoms with Gasteiger partial charge in [-0.3, -0.25) is 19.4 Å². The van der Waals surface area contributed by atoms with Crippen LogP contribution in [0.3, 0.4) is 0 Å². The first-order valence-electron chi connectivity index (χ1n) is 8.79. The van der Waals surface area contributed by atoms with Crippen molar-refractivity contribution in [1.29, 1.82) is 0 Å². The van der Waals surface area contributed by atoms with Gasteiger partial charge in [0.05, 0.1) is 24.3 Å². The maximum Gasteiger partial charge on any atom is 0.409 e. The largest absolute Gasteiger partial charge is 0.409 e. The van der Waals surface area contributed by atoms with Crippen LogP contribution >= 0.6 is 0 Å². The molecule has 0 aromatic heterocycles. The van der Waals surface area contributed by atoms with E-state index in [4.69, 9.17) is 0 Å². The number of alkyl halides is 3. The van der Waals surface area contributed by atoms with E-state index in [0.29, 0.717) is 6.54 Å². The molecule has 2 aliphatic rings. The Balaban J connectivity index is 1.96. The summed E-state index contributed by atoms with van der Waals surface area (Å²) in [5.74, 6) is -1.38. The van der Waals surface area contributed by atoms with Crippen molar-refractivity contribution in [3.8, 4) is 0 Å². The van der Waals surface area contributed by atoms with Gasteiger partial charge in [0.25, 0.3) is 0 Å². The molecule has 2 heterocycles. The molecule has 26 heavy (non-hydrogen) atoms. The van der Waals surface area contributed by atoms with Crippen molar-refractivity contribution < 1.29 is 22.8 Å². The number of hydrogen-bond acceptors (Lipinski definition) is 3. The molecule has 3 rings (SSSR count). The van der Waals surface area contributed by atoms with Crippen LogP contribution in [-0.4, -0.2) is 48.1 Å². The highest BCUT2D eigenvalue weighted by atomic mass is 19.4. The van der Waals surface area contributed by atoms with Gasteiger partial charge in [-0.2, -0.15) is 13.2 Å². The van der Waals surface area contributed by atoms with Gasteiger partial charge in [0.2, 0.25) is 11.8 Å². The molecule has 1 fully saturated rings. The number of amides is 2. The third-order valence-corrected chi connectivity index (χ3v) is 5.05. The van der Waals surface area contributed by atoms with E-state index in [-0.39, 0.29) is 24.0 Å². The van der Waals surface area contributed by atoms with Crippen LogP contribution < -0.4 is 10.2 Å². The molecule has 0 unspecified atom stereocenters. The molecule has 1 N–H and O–H groups in total. The Labute approximate surface area is 150 Å². The summed E-state index contributed by atoms with van der Waals surface area (Å²) in [6, 6.07) is 4.11. The van der Waals surface area contributed by atoms with Gasteiger partial charge < -0.3 is 5.32 Å². The van der Waals surface area contributed by atoms with Crippen LogP contribution in [0.1, 0.15) is 32.6 Å². The Morgan fingerprint density at radius 3 is 2.69 bits per heavy atom. The van der Waals surface area contributed by atoms with Gasteiger partial charge in [-0.1, -0.05) is 18.6 Å². The lowest BCUT2D eigenvalue weighted by Crippen LogP contribution is -2.53. The van der Waals surface area contributed by atoms with E-state index in [2.05, 4.69) is 5.32 Å². The molecular formula is C18H22F3N3O2. The van der Waals surface area contributed by atoms with Crippen molar-refractivity contribution in [1.82, 2.24) is 4.90 Å². The number of benzene rings is 1. The van der Waals surface area contributed by atoms with Gasteiger partial charge in [-0.25, -0.2) is 0 Å². The number of rotatable bonds is 2. The van der Waals surface area contributed by atoms with E-state index in [0.717, 1.165) is 24.2 Å². The maximum atomic E-state index is 13.7. The van der Waals surface area contributed by atoms with Crippen molar-refractivity contribution in [3.05, 3.63) is 24.3 Å². The fraction of sp³-hybridized carbons (Fsp3) is 0.556. The average Bonchev–Trinajstić information content (AvgIpc) is 2.72. The number of nitrogens with zero attached hydrogens (tertiary/aromatic N) is 2. The van der Waals surface area contributed by atoms with E-state index in [9.17, 15) is 22.8 Å². The molecule has 5 nitrogen and oxygen atoms in total. The smallest absolute Gasteiger partial charge is 0.324 e. The Hall–Kier alpha value is -2.09. The highest BCUT2D eigenvalue weighted by Gasteiger charge is 2.49. The first-order chi connectivity index (χ1) is 12.3. The molecule has 2 amide bonds. The second-order valence-electron chi connectivity index (χ2n) is 6.91. The Morgan fingerprint density at radius 1 is 1.27 bits per heavy atom. The summed E-state index contributed by atoms with van der Waals surface area (Å²) in [5.41, 5.74) is 0.319.